The second-order valence-corrected chi connectivity index (χ2v) is 6.74. The summed E-state index contributed by atoms with van der Waals surface area (Å²) in [6.07, 6.45) is 1.51. The molecule has 1 aliphatic heterocycles. The SMILES string of the molecule is Cc1ccc(C(C)Nc2ncc(C(=O)N3CCOCC3)cc2Cl)cc1F. The van der Waals surface area contributed by atoms with Crippen LogP contribution in [-0.4, -0.2) is 42.1 Å². The van der Waals surface area contributed by atoms with Crippen LogP contribution in [0.2, 0.25) is 5.02 Å². The lowest BCUT2D eigenvalue weighted by atomic mass is 10.1. The summed E-state index contributed by atoms with van der Waals surface area (Å²) >= 11 is 6.31. The molecule has 1 amide bonds. The second kappa shape index (κ2) is 8.01. The molecule has 1 N–H and O–H groups in total. The maximum Gasteiger partial charge on any atom is 0.255 e. The molecule has 5 nitrogen and oxygen atoms in total. The number of benzene rings is 1. The highest BCUT2D eigenvalue weighted by molar-refractivity contribution is 6.33. The van der Waals surface area contributed by atoms with E-state index in [1.165, 1.54) is 12.3 Å². The fourth-order valence-electron chi connectivity index (χ4n) is 2.78. The zero-order valence-electron chi connectivity index (χ0n) is 14.8. The van der Waals surface area contributed by atoms with Crippen LogP contribution in [0.1, 0.15) is 34.5 Å². The Morgan fingerprint density at radius 2 is 2.08 bits per heavy atom. The molecule has 138 valence electrons. The number of carbonyl (C=O) groups excluding carboxylic acids is 1. The molecule has 26 heavy (non-hydrogen) atoms. The lowest BCUT2D eigenvalue weighted by Gasteiger charge is -2.27. The van der Waals surface area contributed by atoms with E-state index in [0.29, 0.717) is 48.3 Å². The Morgan fingerprint density at radius 3 is 2.73 bits per heavy atom. The van der Waals surface area contributed by atoms with Crippen LogP contribution in [-0.2, 0) is 4.74 Å². The molecule has 1 aliphatic rings. The Balaban J connectivity index is 1.72. The smallest absolute Gasteiger partial charge is 0.255 e. The first-order valence-corrected chi connectivity index (χ1v) is 8.88. The molecular weight excluding hydrogens is 357 g/mol. The van der Waals surface area contributed by atoms with Gasteiger partial charge < -0.3 is 15.0 Å². The van der Waals surface area contributed by atoms with Gasteiger partial charge in [0.15, 0.2) is 0 Å². The lowest BCUT2D eigenvalue weighted by molar-refractivity contribution is 0.0302. The van der Waals surface area contributed by atoms with Gasteiger partial charge in [0.25, 0.3) is 5.91 Å². The summed E-state index contributed by atoms with van der Waals surface area (Å²) in [5, 5.41) is 3.51. The van der Waals surface area contributed by atoms with E-state index in [9.17, 15) is 9.18 Å². The van der Waals surface area contributed by atoms with Crippen molar-refractivity contribution in [2.75, 3.05) is 31.6 Å². The van der Waals surface area contributed by atoms with Crippen molar-refractivity contribution in [3.05, 3.63) is 58.0 Å². The number of aromatic nitrogens is 1. The van der Waals surface area contributed by atoms with E-state index in [4.69, 9.17) is 16.3 Å². The van der Waals surface area contributed by atoms with Crippen LogP contribution in [0.4, 0.5) is 10.2 Å². The van der Waals surface area contributed by atoms with E-state index in [1.807, 2.05) is 13.0 Å². The molecule has 0 spiro atoms. The zero-order valence-corrected chi connectivity index (χ0v) is 15.5. The quantitative estimate of drug-likeness (QED) is 0.879. The van der Waals surface area contributed by atoms with Crippen molar-refractivity contribution in [2.24, 2.45) is 0 Å². The van der Waals surface area contributed by atoms with E-state index >= 15 is 0 Å². The third-order valence-corrected chi connectivity index (χ3v) is 4.72. The number of halogens is 2. The van der Waals surface area contributed by atoms with Crippen LogP contribution >= 0.6 is 11.6 Å². The summed E-state index contributed by atoms with van der Waals surface area (Å²) in [4.78, 5) is 18.5. The Kier molecular flexibility index (Phi) is 5.74. The van der Waals surface area contributed by atoms with E-state index in [-0.39, 0.29) is 17.8 Å². The first-order valence-electron chi connectivity index (χ1n) is 8.51. The van der Waals surface area contributed by atoms with Crippen LogP contribution < -0.4 is 5.32 Å². The Bertz CT molecular complexity index is 809. The van der Waals surface area contributed by atoms with Crippen LogP contribution in [0, 0.1) is 12.7 Å². The molecule has 1 unspecified atom stereocenters. The third-order valence-electron chi connectivity index (χ3n) is 4.44. The maximum atomic E-state index is 13.8. The number of hydrogen-bond donors (Lipinski definition) is 1. The standard InChI is InChI=1S/C19H21ClFN3O2/c1-12-3-4-14(10-17(12)21)13(2)23-18-16(20)9-15(11-22-18)19(25)24-5-7-26-8-6-24/h3-4,9-11,13H,5-8H2,1-2H3,(H,22,23). The van der Waals surface area contributed by atoms with Gasteiger partial charge in [0, 0.05) is 19.3 Å². The van der Waals surface area contributed by atoms with Crippen LogP contribution in [0.3, 0.4) is 0 Å². The van der Waals surface area contributed by atoms with Gasteiger partial charge in [0.2, 0.25) is 0 Å². The van der Waals surface area contributed by atoms with Crippen LogP contribution in [0.15, 0.2) is 30.5 Å². The van der Waals surface area contributed by atoms with Gasteiger partial charge in [-0.05, 0) is 37.1 Å². The van der Waals surface area contributed by atoms with Gasteiger partial charge in [-0.15, -0.1) is 0 Å². The van der Waals surface area contributed by atoms with Crippen molar-refractivity contribution in [3.63, 3.8) is 0 Å². The average molecular weight is 378 g/mol. The largest absolute Gasteiger partial charge is 0.378 e. The Labute approximate surface area is 157 Å². The number of nitrogens with one attached hydrogen (secondary N) is 1. The van der Waals surface area contributed by atoms with Gasteiger partial charge >= 0.3 is 0 Å². The fraction of sp³-hybridized carbons (Fsp3) is 0.368. The molecule has 2 aromatic rings. The highest BCUT2D eigenvalue weighted by Gasteiger charge is 2.20. The minimum Gasteiger partial charge on any atom is -0.378 e. The number of morpholine rings is 1. The minimum atomic E-state index is -0.248. The number of aryl methyl sites for hydroxylation is 1. The summed E-state index contributed by atoms with van der Waals surface area (Å²) in [6, 6.07) is 6.52. The van der Waals surface area contributed by atoms with Gasteiger partial charge in [-0.1, -0.05) is 23.7 Å². The number of amides is 1. The summed E-state index contributed by atoms with van der Waals surface area (Å²) in [6.45, 7) is 5.82. The topological polar surface area (TPSA) is 54.5 Å². The number of nitrogens with zero attached hydrogens (tertiary/aromatic N) is 2. The monoisotopic (exact) mass is 377 g/mol. The minimum absolute atomic E-state index is 0.108. The van der Waals surface area contributed by atoms with E-state index in [2.05, 4.69) is 10.3 Å². The third kappa shape index (κ3) is 4.14. The molecule has 1 aromatic heterocycles. The van der Waals surface area contributed by atoms with Gasteiger partial charge in [0.05, 0.1) is 29.8 Å². The molecule has 1 saturated heterocycles. The summed E-state index contributed by atoms with van der Waals surface area (Å²) < 4.78 is 19.0. The number of anilines is 1. The van der Waals surface area contributed by atoms with E-state index in [1.54, 1.807) is 24.0 Å². The zero-order chi connectivity index (χ0) is 18.7. The lowest BCUT2D eigenvalue weighted by Crippen LogP contribution is -2.40. The molecule has 0 saturated carbocycles. The van der Waals surface area contributed by atoms with E-state index < -0.39 is 0 Å². The Hall–Kier alpha value is -2.18. The molecule has 7 heteroatoms. The molecule has 0 aliphatic carbocycles. The number of ether oxygens (including phenoxy) is 1. The number of pyridine rings is 1. The van der Waals surface area contributed by atoms with Crippen LogP contribution in [0.5, 0.6) is 0 Å². The van der Waals surface area contributed by atoms with Gasteiger partial charge in [0.1, 0.15) is 11.6 Å². The molecule has 2 heterocycles. The van der Waals surface area contributed by atoms with Gasteiger partial charge in [-0.3, -0.25) is 4.79 Å². The molecule has 0 radical (unpaired) electrons. The molecule has 1 fully saturated rings. The van der Waals surface area contributed by atoms with Crippen molar-refractivity contribution < 1.29 is 13.9 Å². The second-order valence-electron chi connectivity index (χ2n) is 6.33. The van der Waals surface area contributed by atoms with Crippen molar-refractivity contribution in [3.8, 4) is 0 Å². The predicted octanol–water partition coefficient (Wildman–Crippen LogP) is 3.83. The molecule has 1 aromatic carbocycles. The van der Waals surface area contributed by atoms with Gasteiger partial charge in [-0.2, -0.15) is 0 Å². The number of hydrogen-bond acceptors (Lipinski definition) is 4. The molecule has 1 atom stereocenters. The normalized spacial score (nSPS) is 15.6. The van der Waals surface area contributed by atoms with Crippen LogP contribution in [0.25, 0.3) is 0 Å². The van der Waals surface area contributed by atoms with Crippen molar-refractivity contribution >= 4 is 23.3 Å². The van der Waals surface area contributed by atoms with E-state index in [0.717, 1.165) is 5.56 Å². The number of carbonyl (C=O) groups is 1. The highest BCUT2D eigenvalue weighted by Crippen LogP contribution is 2.26. The summed E-state index contributed by atoms with van der Waals surface area (Å²) in [7, 11) is 0. The molecule has 3 rings (SSSR count). The maximum absolute atomic E-state index is 13.8. The van der Waals surface area contributed by atoms with Crippen molar-refractivity contribution in [2.45, 2.75) is 19.9 Å². The first kappa shape index (κ1) is 18.6. The highest BCUT2D eigenvalue weighted by atomic mass is 35.5. The Morgan fingerprint density at radius 1 is 1.35 bits per heavy atom. The molecular formula is C19H21ClFN3O2. The van der Waals surface area contributed by atoms with Crippen molar-refractivity contribution in [1.29, 1.82) is 0 Å². The summed E-state index contributed by atoms with van der Waals surface area (Å²) in [5.41, 5.74) is 1.83. The fourth-order valence-corrected chi connectivity index (χ4v) is 3.00. The number of rotatable bonds is 4. The first-order chi connectivity index (χ1) is 12.5. The summed E-state index contributed by atoms with van der Waals surface area (Å²) in [5.74, 6) is 0.100. The average Bonchev–Trinajstić information content (AvgIpc) is 2.65. The van der Waals surface area contributed by atoms with Crippen molar-refractivity contribution in [1.82, 2.24) is 9.88 Å². The molecule has 0 bridgehead atoms. The predicted molar refractivity (Wildman–Crippen MR) is 99.1 cm³/mol. The van der Waals surface area contributed by atoms with Gasteiger partial charge in [-0.25, -0.2) is 9.37 Å².